The van der Waals surface area contributed by atoms with Gasteiger partial charge in [0, 0.05) is 0 Å². The highest BCUT2D eigenvalue weighted by molar-refractivity contribution is 6.32. The molecule has 0 aliphatic heterocycles. The van der Waals surface area contributed by atoms with Crippen molar-refractivity contribution in [3.8, 4) is 5.75 Å². The van der Waals surface area contributed by atoms with Gasteiger partial charge in [0.05, 0.1) is 5.02 Å². The lowest BCUT2D eigenvalue weighted by Crippen LogP contribution is -1.93. The molecule has 0 unspecified atom stereocenters. The summed E-state index contributed by atoms with van der Waals surface area (Å²) in [6.45, 7) is 4.31. The maximum Gasteiger partial charge on any atom is 0.134 e. The summed E-state index contributed by atoms with van der Waals surface area (Å²) in [4.78, 5) is 0. The molecular weight excluding hydrogens is 207 g/mol. The van der Waals surface area contributed by atoms with E-state index in [1.807, 2.05) is 12.1 Å². The molecule has 0 aliphatic carbocycles. The first-order chi connectivity index (χ1) is 5.59. The average molecular weight is 221 g/mol. The fraction of sp³-hybridized carbons (Fsp3) is 0.400. The molecule has 0 atom stereocenters. The summed E-state index contributed by atoms with van der Waals surface area (Å²) < 4.78 is 0. The summed E-state index contributed by atoms with van der Waals surface area (Å²) in [5.74, 6) is 0.773. The summed E-state index contributed by atoms with van der Waals surface area (Å²) >= 11 is 5.75. The lowest BCUT2D eigenvalue weighted by molar-refractivity contribution is 0.475. The van der Waals surface area contributed by atoms with Gasteiger partial charge < -0.3 is 5.11 Å². The molecule has 0 spiro atoms. The van der Waals surface area contributed by atoms with E-state index in [0.29, 0.717) is 10.9 Å². The minimum atomic E-state index is 0. The third kappa shape index (κ3) is 3.88. The predicted molar refractivity (Wildman–Crippen MR) is 58.9 cm³/mol. The van der Waals surface area contributed by atoms with E-state index in [1.165, 1.54) is 5.56 Å². The summed E-state index contributed by atoms with van der Waals surface area (Å²) in [6, 6.07) is 5.36. The Bertz CT molecular complexity index is 272. The number of benzene rings is 1. The van der Waals surface area contributed by atoms with Crippen LogP contribution in [-0.2, 0) is 6.42 Å². The Hall–Kier alpha value is -0.400. The van der Waals surface area contributed by atoms with Gasteiger partial charge in [0.25, 0.3) is 0 Å². The fourth-order valence-corrected chi connectivity index (χ4v) is 1.35. The zero-order valence-electron chi connectivity index (χ0n) is 7.75. The fourth-order valence-electron chi connectivity index (χ4n) is 1.15. The zero-order chi connectivity index (χ0) is 9.14. The summed E-state index contributed by atoms with van der Waals surface area (Å²) in [5.41, 5.74) is 1.17. The summed E-state index contributed by atoms with van der Waals surface area (Å²) in [6.07, 6.45) is 1.00. The Morgan fingerprint density at radius 3 is 2.46 bits per heavy atom. The SMILES string of the molecule is CC(C)Cc1ccc(O)c(Cl)c1.Cl. The van der Waals surface area contributed by atoms with Crippen molar-refractivity contribution in [3.05, 3.63) is 28.8 Å². The third-order valence-corrected chi connectivity index (χ3v) is 1.96. The van der Waals surface area contributed by atoms with E-state index >= 15 is 0 Å². The molecule has 0 saturated heterocycles. The number of phenols is 1. The minimum absolute atomic E-state index is 0. The third-order valence-electron chi connectivity index (χ3n) is 1.66. The van der Waals surface area contributed by atoms with Crippen LogP contribution in [0.5, 0.6) is 5.75 Å². The van der Waals surface area contributed by atoms with Crippen LogP contribution in [0.2, 0.25) is 5.02 Å². The Balaban J connectivity index is 0.00000144. The van der Waals surface area contributed by atoms with Crippen LogP contribution in [-0.4, -0.2) is 5.11 Å². The van der Waals surface area contributed by atoms with E-state index in [9.17, 15) is 0 Å². The molecular formula is C10H14Cl2O. The second kappa shape index (κ2) is 5.36. The van der Waals surface area contributed by atoms with Gasteiger partial charge in [0.1, 0.15) is 5.75 Å². The molecule has 1 aromatic carbocycles. The normalized spacial score (nSPS) is 9.85. The highest BCUT2D eigenvalue weighted by Crippen LogP contribution is 2.24. The first-order valence-electron chi connectivity index (χ1n) is 4.07. The van der Waals surface area contributed by atoms with E-state index in [-0.39, 0.29) is 18.2 Å². The number of hydrogen-bond donors (Lipinski definition) is 1. The van der Waals surface area contributed by atoms with Crippen molar-refractivity contribution >= 4 is 24.0 Å². The van der Waals surface area contributed by atoms with E-state index in [1.54, 1.807) is 6.07 Å². The van der Waals surface area contributed by atoms with Gasteiger partial charge in [-0.3, -0.25) is 0 Å². The van der Waals surface area contributed by atoms with Gasteiger partial charge in [-0.25, -0.2) is 0 Å². The largest absolute Gasteiger partial charge is 0.506 e. The number of phenolic OH excluding ortho intramolecular Hbond substituents is 1. The zero-order valence-corrected chi connectivity index (χ0v) is 9.32. The molecule has 1 aromatic rings. The maximum atomic E-state index is 9.15. The molecule has 0 fully saturated rings. The van der Waals surface area contributed by atoms with E-state index < -0.39 is 0 Å². The van der Waals surface area contributed by atoms with Gasteiger partial charge >= 0.3 is 0 Å². The molecule has 1 nitrogen and oxygen atoms in total. The van der Waals surface area contributed by atoms with Gasteiger partial charge in [0.15, 0.2) is 0 Å². The van der Waals surface area contributed by atoms with Crippen molar-refractivity contribution < 1.29 is 5.11 Å². The molecule has 13 heavy (non-hydrogen) atoms. The molecule has 0 aliphatic rings. The Morgan fingerprint density at radius 2 is 2.00 bits per heavy atom. The van der Waals surface area contributed by atoms with Crippen LogP contribution in [0, 0.1) is 5.92 Å². The predicted octanol–water partition coefficient (Wildman–Crippen LogP) is 3.67. The van der Waals surface area contributed by atoms with E-state index in [4.69, 9.17) is 16.7 Å². The van der Waals surface area contributed by atoms with Gasteiger partial charge in [-0.2, -0.15) is 0 Å². The molecule has 1 rings (SSSR count). The van der Waals surface area contributed by atoms with Crippen LogP contribution in [0.4, 0.5) is 0 Å². The maximum absolute atomic E-state index is 9.15. The second-order valence-corrected chi connectivity index (χ2v) is 3.79. The van der Waals surface area contributed by atoms with Crippen LogP contribution in [0.25, 0.3) is 0 Å². The minimum Gasteiger partial charge on any atom is -0.506 e. The van der Waals surface area contributed by atoms with Crippen molar-refractivity contribution in [1.29, 1.82) is 0 Å². The monoisotopic (exact) mass is 220 g/mol. The molecule has 0 bridgehead atoms. The lowest BCUT2D eigenvalue weighted by Gasteiger charge is -2.05. The van der Waals surface area contributed by atoms with Crippen molar-refractivity contribution in [3.63, 3.8) is 0 Å². The summed E-state index contributed by atoms with van der Waals surface area (Å²) in [7, 11) is 0. The molecule has 0 saturated carbocycles. The van der Waals surface area contributed by atoms with E-state index in [2.05, 4.69) is 13.8 Å². The van der Waals surface area contributed by atoms with Gasteiger partial charge in [-0.1, -0.05) is 31.5 Å². The van der Waals surface area contributed by atoms with E-state index in [0.717, 1.165) is 6.42 Å². The first kappa shape index (κ1) is 12.6. The Kier molecular flexibility index (Phi) is 5.19. The smallest absolute Gasteiger partial charge is 0.134 e. The van der Waals surface area contributed by atoms with Gasteiger partial charge in [-0.05, 0) is 30.0 Å². The van der Waals surface area contributed by atoms with Crippen molar-refractivity contribution in [1.82, 2.24) is 0 Å². The molecule has 3 heteroatoms. The van der Waals surface area contributed by atoms with Crippen molar-refractivity contribution in [2.24, 2.45) is 5.92 Å². The summed E-state index contributed by atoms with van der Waals surface area (Å²) in [5, 5.41) is 9.58. The number of aromatic hydroxyl groups is 1. The number of halogens is 2. The Labute approximate surface area is 90.1 Å². The molecule has 1 N–H and O–H groups in total. The molecule has 0 aromatic heterocycles. The van der Waals surface area contributed by atoms with Crippen LogP contribution >= 0.6 is 24.0 Å². The topological polar surface area (TPSA) is 20.2 Å². The van der Waals surface area contributed by atoms with Crippen LogP contribution < -0.4 is 0 Å². The standard InChI is InChI=1S/C10H13ClO.ClH/c1-7(2)5-8-3-4-10(12)9(11)6-8;/h3-4,6-7,12H,5H2,1-2H3;1H. The second-order valence-electron chi connectivity index (χ2n) is 3.38. The molecule has 0 heterocycles. The Morgan fingerprint density at radius 1 is 1.38 bits per heavy atom. The van der Waals surface area contributed by atoms with Gasteiger partial charge in [-0.15, -0.1) is 12.4 Å². The lowest BCUT2D eigenvalue weighted by atomic mass is 10.0. The first-order valence-corrected chi connectivity index (χ1v) is 4.45. The molecule has 0 amide bonds. The number of hydrogen-bond acceptors (Lipinski definition) is 1. The van der Waals surface area contributed by atoms with Crippen molar-refractivity contribution in [2.75, 3.05) is 0 Å². The average Bonchev–Trinajstić information content (AvgIpc) is 1.96. The van der Waals surface area contributed by atoms with Crippen LogP contribution in [0.15, 0.2) is 18.2 Å². The van der Waals surface area contributed by atoms with Crippen LogP contribution in [0.3, 0.4) is 0 Å². The molecule has 0 radical (unpaired) electrons. The molecule has 74 valence electrons. The van der Waals surface area contributed by atoms with Crippen molar-refractivity contribution in [2.45, 2.75) is 20.3 Å². The van der Waals surface area contributed by atoms with Gasteiger partial charge in [0.2, 0.25) is 0 Å². The highest BCUT2D eigenvalue weighted by atomic mass is 35.5. The number of rotatable bonds is 2. The highest BCUT2D eigenvalue weighted by Gasteiger charge is 2.01. The van der Waals surface area contributed by atoms with Crippen LogP contribution in [0.1, 0.15) is 19.4 Å². The quantitative estimate of drug-likeness (QED) is 0.807.